The predicted molar refractivity (Wildman–Crippen MR) is 80.3 cm³/mol. The second-order valence-electron chi connectivity index (χ2n) is 4.73. The third-order valence-corrected chi connectivity index (χ3v) is 4.19. The average molecular weight is 308 g/mol. The van der Waals surface area contributed by atoms with Crippen LogP contribution in [0.3, 0.4) is 0 Å². The average Bonchev–Trinajstić information content (AvgIpc) is 2.74. The number of amides is 3. The minimum atomic E-state index is -0.718. The molecule has 0 bridgehead atoms. The molecule has 1 atom stereocenters. The number of nitrogens with two attached hydrogens (primary N) is 1. The van der Waals surface area contributed by atoms with Gasteiger partial charge in [-0.05, 0) is 20.3 Å². The number of aryl methyl sites for hydroxylation is 1. The van der Waals surface area contributed by atoms with E-state index in [0.717, 1.165) is 4.88 Å². The zero-order valence-electron chi connectivity index (χ0n) is 11.8. The Kier molecular flexibility index (Phi) is 4.37. The van der Waals surface area contributed by atoms with Crippen molar-refractivity contribution in [2.24, 2.45) is 4.99 Å². The second kappa shape index (κ2) is 6.04. The van der Waals surface area contributed by atoms with Gasteiger partial charge < -0.3 is 5.73 Å². The highest BCUT2D eigenvalue weighted by Crippen LogP contribution is 2.32. The van der Waals surface area contributed by atoms with Crippen LogP contribution in [0.25, 0.3) is 0 Å². The van der Waals surface area contributed by atoms with E-state index < -0.39 is 11.9 Å². The van der Waals surface area contributed by atoms with Crippen LogP contribution in [-0.2, 0) is 14.4 Å². The number of amidine groups is 1. The fourth-order valence-electron chi connectivity index (χ4n) is 2.15. The molecular weight excluding hydrogens is 292 g/mol. The molecule has 8 heteroatoms. The van der Waals surface area contributed by atoms with E-state index in [4.69, 9.17) is 5.73 Å². The van der Waals surface area contributed by atoms with Crippen LogP contribution in [0, 0.1) is 6.92 Å². The van der Waals surface area contributed by atoms with Crippen LogP contribution in [0.1, 0.15) is 24.6 Å². The molecule has 1 aliphatic rings. The number of hydrogen-bond donors (Lipinski definition) is 2. The summed E-state index contributed by atoms with van der Waals surface area (Å²) in [6.45, 7) is 3.51. The number of piperidine rings is 1. The van der Waals surface area contributed by atoms with E-state index in [1.807, 2.05) is 6.92 Å². The second-order valence-corrected chi connectivity index (χ2v) is 5.82. The maximum atomic E-state index is 11.8. The highest BCUT2D eigenvalue weighted by atomic mass is 32.1. The van der Waals surface area contributed by atoms with Crippen LogP contribution in [0.2, 0.25) is 0 Å². The molecule has 2 rings (SSSR count). The van der Waals surface area contributed by atoms with Crippen LogP contribution < -0.4 is 11.1 Å². The third-order valence-electron chi connectivity index (χ3n) is 3.28. The highest BCUT2D eigenvalue weighted by molar-refractivity contribution is 7.11. The number of hydrogen-bond acceptors (Lipinski definition) is 6. The van der Waals surface area contributed by atoms with Crippen LogP contribution in [0.5, 0.6) is 0 Å². The van der Waals surface area contributed by atoms with E-state index >= 15 is 0 Å². The smallest absolute Gasteiger partial charge is 0.249 e. The van der Waals surface area contributed by atoms with Crippen molar-refractivity contribution >= 4 is 46.8 Å². The number of imide groups is 1. The topological polar surface area (TPSA) is 105 Å². The van der Waals surface area contributed by atoms with Crippen LogP contribution in [0.15, 0.2) is 10.4 Å². The molecule has 0 aromatic carbocycles. The van der Waals surface area contributed by atoms with Gasteiger partial charge in [-0.25, -0.2) is 4.99 Å². The van der Waals surface area contributed by atoms with Gasteiger partial charge in [0.2, 0.25) is 18.2 Å². The van der Waals surface area contributed by atoms with E-state index in [9.17, 15) is 14.4 Å². The van der Waals surface area contributed by atoms with Gasteiger partial charge >= 0.3 is 0 Å². The molecule has 1 fully saturated rings. The van der Waals surface area contributed by atoms with Crippen molar-refractivity contribution in [3.8, 4) is 0 Å². The molecule has 2 heterocycles. The number of anilines is 1. The lowest BCUT2D eigenvalue weighted by atomic mass is 10.0. The van der Waals surface area contributed by atoms with Crippen LogP contribution in [0.4, 0.5) is 11.4 Å². The van der Waals surface area contributed by atoms with E-state index in [1.54, 1.807) is 12.3 Å². The molecule has 0 spiro atoms. The quantitative estimate of drug-likeness (QED) is 0.375. The summed E-state index contributed by atoms with van der Waals surface area (Å²) in [5.74, 6) is -0.440. The number of carbonyl (C=O) groups is 3. The van der Waals surface area contributed by atoms with Crippen molar-refractivity contribution in [3.63, 3.8) is 0 Å². The van der Waals surface area contributed by atoms with Gasteiger partial charge in [-0.3, -0.25) is 24.6 Å². The first-order valence-corrected chi connectivity index (χ1v) is 7.28. The Bertz CT molecular complexity index is 603. The lowest BCUT2D eigenvalue weighted by molar-refractivity contribution is -0.138. The molecule has 1 aromatic heterocycles. The summed E-state index contributed by atoms with van der Waals surface area (Å²) < 4.78 is 0. The van der Waals surface area contributed by atoms with Gasteiger partial charge in [0.05, 0.1) is 5.69 Å². The predicted octanol–water partition coefficient (Wildman–Crippen LogP) is 0.952. The minimum Gasteiger partial charge on any atom is -0.396 e. The molecule has 3 amide bonds. The zero-order chi connectivity index (χ0) is 15.6. The van der Waals surface area contributed by atoms with Gasteiger partial charge in [0.15, 0.2) is 0 Å². The molecule has 0 aliphatic carbocycles. The highest BCUT2D eigenvalue weighted by Gasteiger charge is 2.32. The monoisotopic (exact) mass is 308 g/mol. The van der Waals surface area contributed by atoms with Crippen molar-refractivity contribution in [1.82, 2.24) is 10.2 Å². The molecule has 1 unspecified atom stereocenters. The van der Waals surface area contributed by atoms with Crippen LogP contribution in [-0.4, -0.2) is 35.0 Å². The summed E-state index contributed by atoms with van der Waals surface area (Å²) in [6.07, 6.45) is 1.04. The summed E-state index contributed by atoms with van der Waals surface area (Å²) in [7, 11) is 0. The third kappa shape index (κ3) is 3.10. The lowest BCUT2D eigenvalue weighted by Gasteiger charge is -2.29. The van der Waals surface area contributed by atoms with E-state index in [-0.39, 0.29) is 18.7 Å². The Hall–Kier alpha value is -2.22. The molecule has 21 heavy (non-hydrogen) atoms. The number of carbonyl (C=O) groups excluding carboxylic acids is 3. The van der Waals surface area contributed by atoms with E-state index in [0.29, 0.717) is 23.6 Å². The lowest BCUT2D eigenvalue weighted by Crippen LogP contribution is -2.53. The van der Waals surface area contributed by atoms with Gasteiger partial charge in [-0.15, -0.1) is 11.3 Å². The van der Waals surface area contributed by atoms with Crippen molar-refractivity contribution in [2.45, 2.75) is 32.7 Å². The summed E-state index contributed by atoms with van der Waals surface area (Å²) in [5, 5.41) is 4.00. The first kappa shape index (κ1) is 15.2. The largest absolute Gasteiger partial charge is 0.396 e. The number of nitrogens with zero attached hydrogens (tertiary/aromatic N) is 2. The first-order chi connectivity index (χ1) is 9.93. The summed E-state index contributed by atoms with van der Waals surface area (Å²) in [6, 6.07) is -0.718. The minimum absolute atomic E-state index is 0.202. The molecule has 3 N–H and O–H groups in total. The number of thiophene rings is 1. The maximum absolute atomic E-state index is 11.8. The van der Waals surface area contributed by atoms with Crippen molar-refractivity contribution < 1.29 is 14.4 Å². The molecule has 1 aliphatic heterocycles. The fraction of sp³-hybridized carbons (Fsp3) is 0.385. The van der Waals surface area contributed by atoms with Crippen LogP contribution >= 0.6 is 11.3 Å². The van der Waals surface area contributed by atoms with Crippen molar-refractivity contribution in [3.05, 3.63) is 10.3 Å². The Balaban J connectivity index is 2.27. The standard InChI is InChI=1S/C13H16N4O3S/c1-7-12(9(14)5-21-7)15-8(2)17(6-18)10-3-4-11(19)16-13(10)20/h5-6,10H,3-4,14H2,1-2H3,(H,16,19,20)/b15-8-. The fourth-order valence-corrected chi connectivity index (χ4v) is 2.84. The van der Waals surface area contributed by atoms with Gasteiger partial charge in [0, 0.05) is 16.7 Å². The maximum Gasteiger partial charge on any atom is 0.249 e. The Morgan fingerprint density at radius 3 is 2.81 bits per heavy atom. The van der Waals surface area contributed by atoms with Gasteiger partial charge in [-0.2, -0.15) is 0 Å². The van der Waals surface area contributed by atoms with Gasteiger partial charge in [0.1, 0.15) is 17.6 Å². The first-order valence-electron chi connectivity index (χ1n) is 6.40. The van der Waals surface area contributed by atoms with Gasteiger partial charge in [0.25, 0.3) is 0 Å². The summed E-state index contributed by atoms with van der Waals surface area (Å²) in [5.41, 5.74) is 6.97. The summed E-state index contributed by atoms with van der Waals surface area (Å²) >= 11 is 1.47. The molecule has 1 aromatic rings. The normalized spacial score (nSPS) is 19.3. The summed E-state index contributed by atoms with van der Waals surface area (Å²) in [4.78, 5) is 40.8. The van der Waals surface area contributed by atoms with E-state index in [1.165, 1.54) is 16.2 Å². The number of nitrogens with one attached hydrogen (secondary N) is 1. The van der Waals surface area contributed by atoms with Crippen molar-refractivity contribution in [2.75, 3.05) is 5.73 Å². The Labute approximate surface area is 125 Å². The van der Waals surface area contributed by atoms with Crippen molar-refractivity contribution in [1.29, 1.82) is 0 Å². The molecule has 0 saturated carbocycles. The van der Waals surface area contributed by atoms with Gasteiger partial charge in [-0.1, -0.05) is 0 Å². The Morgan fingerprint density at radius 2 is 2.29 bits per heavy atom. The SMILES string of the molecule is C/C(=N/c1c(N)csc1C)N(C=O)C1CCC(=O)NC1=O. The number of rotatable bonds is 3. The molecule has 7 nitrogen and oxygen atoms in total. The zero-order valence-corrected chi connectivity index (χ0v) is 12.6. The Morgan fingerprint density at radius 1 is 1.57 bits per heavy atom. The molecule has 0 radical (unpaired) electrons. The van der Waals surface area contributed by atoms with E-state index in [2.05, 4.69) is 10.3 Å². The number of nitrogen functional groups attached to an aromatic ring is 1. The molecule has 1 saturated heterocycles. The molecule has 112 valence electrons. The number of aliphatic imine (C=N–C) groups is 1. The molecular formula is C13H16N4O3S.